The summed E-state index contributed by atoms with van der Waals surface area (Å²) in [5.41, 5.74) is 0.884. The first kappa shape index (κ1) is 19.0. The van der Waals surface area contributed by atoms with Gasteiger partial charge in [0.15, 0.2) is 0 Å². The van der Waals surface area contributed by atoms with E-state index in [1.165, 1.54) is 0 Å². The maximum Gasteiger partial charge on any atom is 0.239 e. The molecule has 3 fully saturated rings. The van der Waals surface area contributed by atoms with Gasteiger partial charge in [0.2, 0.25) is 15.9 Å². The summed E-state index contributed by atoms with van der Waals surface area (Å²) in [7, 11) is -3.66. The zero-order chi connectivity index (χ0) is 20.6. The summed E-state index contributed by atoms with van der Waals surface area (Å²) in [5.74, 6) is 0.00855. The third-order valence-corrected chi connectivity index (χ3v) is 9.98. The molecule has 1 unspecified atom stereocenters. The number of carbonyl (C=O) groups is 1. The van der Waals surface area contributed by atoms with E-state index in [1.807, 2.05) is 18.2 Å². The van der Waals surface area contributed by atoms with Gasteiger partial charge in [-0.25, -0.2) is 12.7 Å². The van der Waals surface area contributed by atoms with Crippen molar-refractivity contribution in [3.05, 3.63) is 42.1 Å². The maximum atomic E-state index is 13.1. The van der Waals surface area contributed by atoms with Gasteiger partial charge in [-0.1, -0.05) is 32.0 Å². The van der Waals surface area contributed by atoms with Crippen molar-refractivity contribution in [1.82, 2.24) is 9.29 Å². The van der Waals surface area contributed by atoms with Gasteiger partial charge in [-0.05, 0) is 48.3 Å². The van der Waals surface area contributed by atoms with Crippen LogP contribution in [0.2, 0.25) is 0 Å². The van der Waals surface area contributed by atoms with Crippen LogP contribution >= 0.6 is 0 Å². The molecule has 7 heteroatoms. The molecule has 2 saturated carbocycles. The second-order valence-corrected chi connectivity index (χ2v) is 11.3. The van der Waals surface area contributed by atoms with E-state index < -0.39 is 22.0 Å². The monoisotopic (exact) mass is 414 g/mol. The molecule has 29 heavy (non-hydrogen) atoms. The normalized spacial score (nSPS) is 32.4. The van der Waals surface area contributed by atoms with Gasteiger partial charge in [0.1, 0.15) is 0 Å². The lowest BCUT2D eigenvalue weighted by Gasteiger charge is -2.37. The van der Waals surface area contributed by atoms with Crippen LogP contribution in [0.1, 0.15) is 51.2 Å². The fourth-order valence-corrected chi connectivity index (χ4v) is 8.84. The SMILES string of the molecule is CC1(C)C2CC[C@]13CS(=O)(=O)N(C(=O)C[C@H](O)c1ccc4cccnc4c1)[C@@H]3C2. The summed E-state index contributed by atoms with van der Waals surface area (Å²) < 4.78 is 27.1. The molecule has 2 bridgehead atoms. The summed E-state index contributed by atoms with van der Waals surface area (Å²) in [6.45, 7) is 4.32. The van der Waals surface area contributed by atoms with E-state index in [0.717, 1.165) is 34.5 Å². The van der Waals surface area contributed by atoms with E-state index >= 15 is 0 Å². The van der Waals surface area contributed by atoms with E-state index in [0.29, 0.717) is 11.5 Å². The molecule has 1 amide bonds. The number of benzene rings is 1. The van der Waals surface area contributed by atoms with Crippen LogP contribution < -0.4 is 0 Å². The maximum absolute atomic E-state index is 13.1. The van der Waals surface area contributed by atoms with Crippen LogP contribution in [0.3, 0.4) is 0 Å². The van der Waals surface area contributed by atoms with Gasteiger partial charge < -0.3 is 5.11 Å². The predicted molar refractivity (Wildman–Crippen MR) is 109 cm³/mol. The Morgan fingerprint density at radius 2 is 2.14 bits per heavy atom. The number of hydrogen-bond acceptors (Lipinski definition) is 5. The van der Waals surface area contributed by atoms with Crippen molar-refractivity contribution in [3.63, 3.8) is 0 Å². The Morgan fingerprint density at radius 1 is 1.34 bits per heavy atom. The number of sulfonamides is 1. The average molecular weight is 415 g/mol. The lowest BCUT2D eigenvalue weighted by molar-refractivity contribution is -0.131. The second kappa shape index (κ2) is 6.01. The van der Waals surface area contributed by atoms with Gasteiger partial charge in [-0.3, -0.25) is 9.78 Å². The number of nitrogens with zero attached hydrogens (tertiary/aromatic N) is 2. The molecule has 154 valence electrons. The van der Waals surface area contributed by atoms with Crippen molar-refractivity contribution in [1.29, 1.82) is 0 Å². The van der Waals surface area contributed by atoms with Gasteiger partial charge in [0.05, 0.1) is 29.8 Å². The highest BCUT2D eigenvalue weighted by molar-refractivity contribution is 7.90. The number of rotatable bonds is 3. The van der Waals surface area contributed by atoms with Crippen LogP contribution in [0.15, 0.2) is 36.5 Å². The molecule has 1 spiro atoms. The number of carbonyl (C=O) groups excluding carboxylic acids is 1. The van der Waals surface area contributed by atoms with Gasteiger partial charge in [-0.2, -0.15) is 0 Å². The average Bonchev–Trinajstić information content (AvgIpc) is 3.15. The highest BCUT2D eigenvalue weighted by Crippen LogP contribution is 2.70. The smallest absolute Gasteiger partial charge is 0.239 e. The second-order valence-electron chi connectivity index (χ2n) is 9.49. The molecule has 1 N–H and O–H groups in total. The molecule has 5 rings (SSSR count). The van der Waals surface area contributed by atoms with Crippen molar-refractivity contribution in [2.75, 3.05) is 5.75 Å². The van der Waals surface area contributed by atoms with Crippen molar-refractivity contribution >= 4 is 26.8 Å². The lowest BCUT2D eigenvalue weighted by atomic mass is 9.69. The van der Waals surface area contributed by atoms with Crippen LogP contribution in [0, 0.1) is 16.7 Å². The number of aliphatic hydroxyl groups excluding tert-OH is 1. The third kappa shape index (κ3) is 2.53. The number of amides is 1. The number of hydrogen-bond donors (Lipinski definition) is 1. The Morgan fingerprint density at radius 3 is 2.90 bits per heavy atom. The molecule has 2 aliphatic carbocycles. The topological polar surface area (TPSA) is 87.6 Å². The van der Waals surface area contributed by atoms with Crippen LogP contribution in [0.4, 0.5) is 0 Å². The summed E-state index contributed by atoms with van der Waals surface area (Å²) in [4.78, 5) is 17.4. The Kier molecular flexibility index (Phi) is 3.94. The molecule has 1 aliphatic heterocycles. The standard InChI is InChI=1S/C22H26N2O4S/c1-21(2)16-7-8-22(21)13-29(27,28)24(19(22)11-16)20(26)12-18(25)15-6-5-14-4-3-9-23-17(14)10-15/h3-6,9-10,16,18-19,25H,7-8,11-13H2,1-2H3/t16?,18-,19+,22+/m0/s1. The van der Waals surface area contributed by atoms with Crippen molar-refractivity contribution < 1.29 is 18.3 Å². The largest absolute Gasteiger partial charge is 0.388 e. The lowest BCUT2D eigenvalue weighted by Crippen LogP contribution is -2.44. The van der Waals surface area contributed by atoms with Crippen LogP contribution in [-0.2, 0) is 14.8 Å². The molecule has 4 atom stereocenters. The highest BCUT2D eigenvalue weighted by Gasteiger charge is 2.72. The van der Waals surface area contributed by atoms with Gasteiger partial charge in [0, 0.05) is 17.0 Å². The van der Waals surface area contributed by atoms with Crippen molar-refractivity contribution in [3.8, 4) is 0 Å². The molecule has 3 aliphatic rings. The Labute approximate surface area is 171 Å². The van der Waals surface area contributed by atoms with Gasteiger partial charge >= 0.3 is 0 Å². The molecule has 1 aromatic carbocycles. The summed E-state index contributed by atoms with van der Waals surface area (Å²) >= 11 is 0. The fraction of sp³-hybridized carbons (Fsp3) is 0.545. The first-order chi connectivity index (χ1) is 13.7. The Hall–Kier alpha value is -1.99. The molecule has 6 nitrogen and oxygen atoms in total. The van der Waals surface area contributed by atoms with Gasteiger partial charge in [-0.15, -0.1) is 0 Å². The van der Waals surface area contributed by atoms with Gasteiger partial charge in [0.25, 0.3) is 0 Å². The third-order valence-electron chi connectivity index (χ3n) is 8.04. The Bertz CT molecular complexity index is 1110. The summed E-state index contributed by atoms with van der Waals surface area (Å²) in [6, 6.07) is 8.88. The highest BCUT2D eigenvalue weighted by atomic mass is 32.2. The van der Waals surface area contributed by atoms with E-state index in [9.17, 15) is 18.3 Å². The number of fused-ring (bicyclic) bond motifs is 2. The minimum atomic E-state index is -3.66. The predicted octanol–water partition coefficient (Wildman–Crippen LogP) is 3.03. The van der Waals surface area contributed by atoms with E-state index in [4.69, 9.17) is 0 Å². The number of aliphatic hydroxyl groups is 1. The first-order valence-electron chi connectivity index (χ1n) is 10.2. The van der Waals surface area contributed by atoms with Crippen molar-refractivity contribution in [2.24, 2.45) is 16.7 Å². The van der Waals surface area contributed by atoms with Crippen molar-refractivity contribution in [2.45, 2.75) is 51.7 Å². The van der Waals surface area contributed by atoms with E-state index in [1.54, 1.807) is 18.3 Å². The minimum absolute atomic E-state index is 0.0515. The summed E-state index contributed by atoms with van der Waals surface area (Å²) in [5, 5.41) is 11.6. The van der Waals surface area contributed by atoms with Crippen LogP contribution in [0.5, 0.6) is 0 Å². The number of aromatic nitrogens is 1. The fourth-order valence-electron chi connectivity index (χ4n) is 6.28. The number of pyridine rings is 1. The Balaban J connectivity index is 1.41. The molecule has 1 saturated heterocycles. The van der Waals surface area contributed by atoms with Crippen LogP contribution in [0.25, 0.3) is 10.9 Å². The molecule has 2 aromatic rings. The minimum Gasteiger partial charge on any atom is -0.388 e. The summed E-state index contributed by atoms with van der Waals surface area (Å²) in [6.07, 6.45) is 3.01. The molecular formula is C22H26N2O4S. The molecule has 0 radical (unpaired) electrons. The van der Waals surface area contributed by atoms with Crippen LogP contribution in [-0.4, -0.2) is 40.5 Å². The van der Waals surface area contributed by atoms with E-state index in [2.05, 4.69) is 18.8 Å². The molecular weight excluding hydrogens is 388 g/mol. The zero-order valence-electron chi connectivity index (χ0n) is 16.7. The molecule has 2 heterocycles. The first-order valence-corrected chi connectivity index (χ1v) is 11.8. The quantitative estimate of drug-likeness (QED) is 0.834. The zero-order valence-corrected chi connectivity index (χ0v) is 17.5. The molecule has 1 aromatic heterocycles. The van der Waals surface area contributed by atoms with E-state index in [-0.39, 0.29) is 29.0 Å².